The Balaban J connectivity index is 2.28. The summed E-state index contributed by atoms with van der Waals surface area (Å²) >= 11 is 4.79. The molecule has 1 heterocycles. The van der Waals surface area contributed by atoms with Gasteiger partial charge in [0.1, 0.15) is 0 Å². The summed E-state index contributed by atoms with van der Waals surface area (Å²) in [4.78, 5) is 2.83. The van der Waals surface area contributed by atoms with Gasteiger partial charge >= 0.3 is 0 Å². The van der Waals surface area contributed by atoms with E-state index in [-0.39, 0.29) is 0 Å². The number of hydrogen-bond acceptors (Lipinski definition) is 2. The predicted molar refractivity (Wildman–Crippen MR) is 47.0 cm³/mol. The second-order valence-electron chi connectivity index (χ2n) is 2.46. The molecule has 0 aromatic carbocycles. The molecule has 2 nitrogen and oxygen atoms in total. The van der Waals surface area contributed by atoms with Gasteiger partial charge in [-0.15, -0.1) is 0 Å². The Hall–Kier alpha value is -0.410. The van der Waals surface area contributed by atoms with Gasteiger partial charge in [0.05, 0.1) is 4.99 Å². The molecule has 0 atom stereocenters. The van der Waals surface area contributed by atoms with Gasteiger partial charge in [0, 0.05) is 19.6 Å². The molecule has 0 unspecified atom stereocenters. The van der Waals surface area contributed by atoms with Crippen LogP contribution in [0, 0.1) is 0 Å². The minimum absolute atomic E-state index is 0.593. The molecule has 0 amide bonds. The van der Waals surface area contributed by atoms with Gasteiger partial charge in [-0.05, 0) is 6.42 Å². The van der Waals surface area contributed by atoms with E-state index in [1.165, 1.54) is 0 Å². The van der Waals surface area contributed by atoms with Gasteiger partial charge < -0.3 is 5.73 Å². The Labute approximate surface area is 66.7 Å². The van der Waals surface area contributed by atoms with Crippen molar-refractivity contribution in [1.82, 2.24) is 4.90 Å². The van der Waals surface area contributed by atoms with Crippen LogP contribution in [-0.4, -0.2) is 29.5 Å². The summed E-state index contributed by atoms with van der Waals surface area (Å²) in [6.07, 6.45) is 5.47. The number of hydrogen-bond donors (Lipinski definition) is 1. The lowest BCUT2D eigenvalue weighted by Gasteiger charge is -2.21. The maximum atomic E-state index is 5.39. The van der Waals surface area contributed by atoms with Crippen molar-refractivity contribution in [2.24, 2.45) is 5.73 Å². The fourth-order valence-corrected chi connectivity index (χ4v) is 1.24. The Kier molecular flexibility index (Phi) is 2.83. The third kappa shape index (κ3) is 2.45. The van der Waals surface area contributed by atoms with Crippen LogP contribution in [0.25, 0.3) is 0 Å². The van der Waals surface area contributed by atoms with Crippen LogP contribution in [0.4, 0.5) is 0 Å². The van der Waals surface area contributed by atoms with Gasteiger partial charge in [0.25, 0.3) is 0 Å². The van der Waals surface area contributed by atoms with Crippen molar-refractivity contribution in [2.75, 3.05) is 19.6 Å². The molecule has 0 saturated carbocycles. The minimum Gasteiger partial charge on any atom is -0.392 e. The fraction of sp³-hybridized carbons (Fsp3) is 0.571. The van der Waals surface area contributed by atoms with Crippen molar-refractivity contribution in [3.05, 3.63) is 12.2 Å². The van der Waals surface area contributed by atoms with Gasteiger partial charge in [0.15, 0.2) is 0 Å². The predicted octanol–water partition coefficient (Wildman–Crippen LogP) is 0.534. The van der Waals surface area contributed by atoms with Crippen molar-refractivity contribution in [3.63, 3.8) is 0 Å². The molecule has 56 valence electrons. The highest BCUT2D eigenvalue weighted by Crippen LogP contribution is 1.99. The smallest absolute Gasteiger partial charge is 0.0870 e. The quantitative estimate of drug-likeness (QED) is 0.467. The average molecular weight is 156 g/mol. The van der Waals surface area contributed by atoms with Crippen LogP contribution in [-0.2, 0) is 0 Å². The molecular weight excluding hydrogens is 144 g/mol. The number of nitrogens with zero attached hydrogens (tertiary/aromatic N) is 1. The molecule has 0 aromatic rings. The highest BCUT2D eigenvalue weighted by Gasteiger charge is 2.05. The van der Waals surface area contributed by atoms with Crippen LogP contribution in [0.3, 0.4) is 0 Å². The standard InChI is InChI=1S/C7H12N2S/c8-7(10)6-9-4-2-1-3-5-9/h1-2H,3-6H2,(H2,8,10). The minimum atomic E-state index is 0.593. The van der Waals surface area contributed by atoms with Crippen molar-refractivity contribution >= 4 is 17.2 Å². The van der Waals surface area contributed by atoms with E-state index >= 15 is 0 Å². The van der Waals surface area contributed by atoms with Crippen molar-refractivity contribution < 1.29 is 0 Å². The molecule has 0 fully saturated rings. The molecule has 1 aliphatic rings. The fourth-order valence-electron chi connectivity index (χ4n) is 1.05. The van der Waals surface area contributed by atoms with Gasteiger partial charge in [-0.1, -0.05) is 24.4 Å². The SMILES string of the molecule is NC(=S)CN1CC=CCC1. The van der Waals surface area contributed by atoms with Crippen molar-refractivity contribution in [2.45, 2.75) is 6.42 Å². The molecule has 0 aromatic heterocycles. The second kappa shape index (κ2) is 3.68. The average Bonchev–Trinajstić information content (AvgIpc) is 1.88. The van der Waals surface area contributed by atoms with E-state index in [0.29, 0.717) is 4.99 Å². The van der Waals surface area contributed by atoms with E-state index in [9.17, 15) is 0 Å². The van der Waals surface area contributed by atoms with Crippen LogP contribution in [0.1, 0.15) is 6.42 Å². The van der Waals surface area contributed by atoms with E-state index in [1.807, 2.05) is 0 Å². The molecule has 0 saturated heterocycles. The zero-order valence-corrected chi connectivity index (χ0v) is 6.73. The molecule has 0 aliphatic carbocycles. The first-order valence-electron chi connectivity index (χ1n) is 3.44. The number of rotatable bonds is 2. The molecular formula is C7H12N2S. The first kappa shape index (κ1) is 7.69. The number of nitrogens with two attached hydrogens (primary N) is 1. The van der Waals surface area contributed by atoms with E-state index < -0.39 is 0 Å². The Morgan fingerprint density at radius 2 is 2.40 bits per heavy atom. The molecule has 1 rings (SSSR count). The maximum Gasteiger partial charge on any atom is 0.0870 e. The topological polar surface area (TPSA) is 29.3 Å². The summed E-state index contributed by atoms with van der Waals surface area (Å²) in [5, 5.41) is 0. The second-order valence-corrected chi connectivity index (χ2v) is 2.99. The number of thiocarbonyl (C=S) groups is 1. The highest BCUT2D eigenvalue weighted by atomic mass is 32.1. The first-order chi connectivity index (χ1) is 4.79. The van der Waals surface area contributed by atoms with E-state index in [0.717, 1.165) is 26.1 Å². The van der Waals surface area contributed by atoms with Crippen LogP contribution >= 0.6 is 12.2 Å². The van der Waals surface area contributed by atoms with E-state index in [2.05, 4.69) is 17.1 Å². The van der Waals surface area contributed by atoms with Gasteiger partial charge in [-0.3, -0.25) is 4.90 Å². The maximum absolute atomic E-state index is 5.39. The first-order valence-corrected chi connectivity index (χ1v) is 3.85. The zero-order valence-electron chi connectivity index (χ0n) is 5.92. The molecule has 3 heteroatoms. The summed E-state index contributed by atoms with van der Waals surface area (Å²) in [5.41, 5.74) is 5.39. The summed E-state index contributed by atoms with van der Waals surface area (Å²) in [7, 11) is 0. The van der Waals surface area contributed by atoms with Gasteiger partial charge in [-0.2, -0.15) is 0 Å². The van der Waals surface area contributed by atoms with Crippen molar-refractivity contribution in [1.29, 1.82) is 0 Å². The lowest BCUT2D eigenvalue weighted by Crippen LogP contribution is -2.34. The lowest BCUT2D eigenvalue weighted by atomic mass is 10.2. The van der Waals surface area contributed by atoms with Crippen LogP contribution in [0.2, 0.25) is 0 Å². The summed E-state index contributed by atoms with van der Waals surface area (Å²) in [6.45, 7) is 2.85. The Morgan fingerprint density at radius 3 is 2.90 bits per heavy atom. The molecule has 10 heavy (non-hydrogen) atoms. The third-order valence-corrected chi connectivity index (χ3v) is 1.65. The Morgan fingerprint density at radius 1 is 1.60 bits per heavy atom. The zero-order chi connectivity index (χ0) is 7.40. The monoisotopic (exact) mass is 156 g/mol. The Bertz CT molecular complexity index is 154. The van der Waals surface area contributed by atoms with E-state index in [4.69, 9.17) is 18.0 Å². The molecule has 0 bridgehead atoms. The van der Waals surface area contributed by atoms with Crippen LogP contribution in [0.15, 0.2) is 12.2 Å². The molecule has 1 aliphatic heterocycles. The van der Waals surface area contributed by atoms with Crippen LogP contribution < -0.4 is 5.73 Å². The molecule has 2 N–H and O–H groups in total. The summed E-state index contributed by atoms with van der Waals surface area (Å²) in [6, 6.07) is 0. The highest BCUT2D eigenvalue weighted by molar-refractivity contribution is 7.80. The third-order valence-electron chi connectivity index (χ3n) is 1.52. The normalized spacial score (nSPS) is 19.2. The van der Waals surface area contributed by atoms with Crippen LogP contribution in [0.5, 0.6) is 0 Å². The van der Waals surface area contributed by atoms with Crippen molar-refractivity contribution in [3.8, 4) is 0 Å². The molecule has 0 spiro atoms. The molecule has 0 radical (unpaired) electrons. The summed E-state index contributed by atoms with van der Waals surface area (Å²) in [5.74, 6) is 0. The van der Waals surface area contributed by atoms with Gasteiger partial charge in [0.2, 0.25) is 0 Å². The lowest BCUT2D eigenvalue weighted by molar-refractivity contribution is 0.341. The van der Waals surface area contributed by atoms with Gasteiger partial charge in [-0.25, -0.2) is 0 Å². The largest absolute Gasteiger partial charge is 0.392 e. The summed E-state index contributed by atoms with van der Waals surface area (Å²) < 4.78 is 0. The van der Waals surface area contributed by atoms with E-state index in [1.54, 1.807) is 0 Å².